The van der Waals surface area contributed by atoms with E-state index in [2.05, 4.69) is 14.8 Å². The van der Waals surface area contributed by atoms with Crippen molar-refractivity contribution in [2.24, 2.45) is 0 Å². The van der Waals surface area contributed by atoms with Gasteiger partial charge < -0.3 is 10.1 Å². The third-order valence-corrected chi connectivity index (χ3v) is 8.53. The molecule has 4 rings (SSSR count). The predicted molar refractivity (Wildman–Crippen MR) is 151 cm³/mol. The zero-order chi connectivity index (χ0) is 28.0. The van der Waals surface area contributed by atoms with Crippen LogP contribution in [-0.2, 0) is 20.0 Å². The summed E-state index contributed by atoms with van der Waals surface area (Å²) in [5.74, 6) is 0.0839. The zero-order valence-corrected chi connectivity index (χ0v) is 22.8. The first-order valence-electron chi connectivity index (χ1n) is 11.9. The normalized spacial score (nSPS) is 11.4. The molecule has 0 heterocycles. The van der Waals surface area contributed by atoms with Crippen molar-refractivity contribution in [3.8, 4) is 5.75 Å². The molecule has 3 N–H and O–H groups in total. The molecule has 0 bridgehead atoms. The summed E-state index contributed by atoms with van der Waals surface area (Å²) in [6, 6.07) is 25.0. The number of ether oxygens (including phenoxy) is 1. The first-order chi connectivity index (χ1) is 18.6. The van der Waals surface area contributed by atoms with Crippen molar-refractivity contribution in [2.45, 2.75) is 23.6 Å². The Hall–Kier alpha value is -4.35. The SMILES string of the molecule is CCOc1ccc(NS(=O)(=O)c2ccc(NC(=O)c3ccc(C)c(S(=O)(=O)Nc4ccccc4)c3)cc2)cc1. The Morgan fingerprint density at radius 3 is 1.95 bits per heavy atom. The first kappa shape index (κ1) is 27.7. The molecule has 4 aromatic carbocycles. The second kappa shape index (κ2) is 11.6. The molecule has 39 heavy (non-hydrogen) atoms. The van der Waals surface area contributed by atoms with Crippen LogP contribution in [0.3, 0.4) is 0 Å². The number of carbonyl (C=O) groups excluding carboxylic acids is 1. The van der Waals surface area contributed by atoms with E-state index in [0.29, 0.717) is 35.0 Å². The molecule has 0 spiro atoms. The van der Waals surface area contributed by atoms with Gasteiger partial charge in [0.1, 0.15) is 5.75 Å². The molecular formula is C28H27N3O6S2. The highest BCUT2D eigenvalue weighted by Crippen LogP contribution is 2.23. The van der Waals surface area contributed by atoms with Crippen molar-refractivity contribution in [1.29, 1.82) is 0 Å². The molecule has 0 aliphatic carbocycles. The van der Waals surface area contributed by atoms with E-state index in [9.17, 15) is 21.6 Å². The van der Waals surface area contributed by atoms with Crippen molar-refractivity contribution >= 4 is 43.0 Å². The molecule has 9 nitrogen and oxygen atoms in total. The maximum Gasteiger partial charge on any atom is 0.262 e. The van der Waals surface area contributed by atoms with E-state index in [-0.39, 0.29) is 15.4 Å². The van der Waals surface area contributed by atoms with E-state index in [1.165, 1.54) is 36.4 Å². The minimum atomic E-state index is -3.94. The quantitative estimate of drug-likeness (QED) is 0.241. The van der Waals surface area contributed by atoms with E-state index in [1.807, 2.05) is 6.92 Å². The smallest absolute Gasteiger partial charge is 0.262 e. The molecule has 0 fully saturated rings. The lowest BCUT2D eigenvalue weighted by molar-refractivity contribution is 0.102. The second-order valence-electron chi connectivity index (χ2n) is 8.49. The third-order valence-electron chi connectivity index (χ3n) is 5.61. The lowest BCUT2D eigenvalue weighted by atomic mass is 10.1. The summed E-state index contributed by atoms with van der Waals surface area (Å²) in [5, 5.41) is 2.67. The number of amides is 1. The molecule has 0 aromatic heterocycles. The summed E-state index contributed by atoms with van der Waals surface area (Å²) >= 11 is 0. The van der Waals surface area contributed by atoms with Gasteiger partial charge in [0, 0.05) is 22.6 Å². The van der Waals surface area contributed by atoms with Crippen LogP contribution in [0.2, 0.25) is 0 Å². The van der Waals surface area contributed by atoms with Crippen LogP contribution in [-0.4, -0.2) is 29.3 Å². The summed E-state index contributed by atoms with van der Waals surface area (Å²) in [7, 11) is -7.80. The third kappa shape index (κ3) is 6.95. The van der Waals surface area contributed by atoms with Gasteiger partial charge >= 0.3 is 0 Å². The van der Waals surface area contributed by atoms with E-state index >= 15 is 0 Å². The predicted octanol–water partition coefficient (Wildman–Crippen LogP) is 5.25. The van der Waals surface area contributed by atoms with Crippen LogP contribution in [0, 0.1) is 6.92 Å². The van der Waals surface area contributed by atoms with Crippen molar-refractivity contribution in [2.75, 3.05) is 21.4 Å². The van der Waals surface area contributed by atoms with Crippen LogP contribution < -0.4 is 19.5 Å². The van der Waals surface area contributed by atoms with Crippen LogP contribution in [0.5, 0.6) is 5.75 Å². The molecule has 11 heteroatoms. The number of sulfonamides is 2. The highest BCUT2D eigenvalue weighted by atomic mass is 32.2. The van der Waals surface area contributed by atoms with Crippen molar-refractivity contribution in [3.63, 3.8) is 0 Å². The number of nitrogens with one attached hydrogen (secondary N) is 3. The number of hydrogen-bond acceptors (Lipinski definition) is 6. The lowest BCUT2D eigenvalue weighted by Gasteiger charge is -2.13. The Labute approximate surface area is 228 Å². The summed E-state index contributed by atoms with van der Waals surface area (Å²) in [4.78, 5) is 12.9. The average Bonchev–Trinajstić information content (AvgIpc) is 2.90. The van der Waals surface area contributed by atoms with Crippen LogP contribution in [0.15, 0.2) is 107 Å². The van der Waals surface area contributed by atoms with E-state index in [1.54, 1.807) is 67.6 Å². The van der Waals surface area contributed by atoms with E-state index in [4.69, 9.17) is 4.74 Å². The van der Waals surface area contributed by atoms with Crippen LogP contribution >= 0.6 is 0 Å². The van der Waals surface area contributed by atoms with Gasteiger partial charge in [-0.05, 0) is 92.2 Å². The standard InChI is InChI=1S/C28H27N3O6S2/c1-3-37-25-15-11-24(12-16-25)30-38(33,34)26-17-13-22(14-18-26)29-28(32)21-10-9-20(2)27(19-21)39(35,36)31-23-7-5-4-6-8-23/h4-19,30-31H,3H2,1-2H3,(H,29,32). The molecule has 0 aliphatic heterocycles. The molecule has 0 saturated carbocycles. The van der Waals surface area contributed by atoms with Gasteiger partial charge in [-0.3, -0.25) is 14.2 Å². The van der Waals surface area contributed by atoms with Crippen molar-refractivity contribution in [1.82, 2.24) is 0 Å². The molecule has 0 atom stereocenters. The molecular weight excluding hydrogens is 538 g/mol. The minimum Gasteiger partial charge on any atom is -0.494 e. The van der Waals surface area contributed by atoms with Gasteiger partial charge in [0.2, 0.25) is 0 Å². The highest BCUT2D eigenvalue weighted by Gasteiger charge is 2.20. The number of rotatable bonds is 10. The van der Waals surface area contributed by atoms with Crippen molar-refractivity contribution in [3.05, 3.63) is 108 Å². The van der Waals surface area contributed by atoms with Gasteiger partial charge in [-0.25, -0.2) is 16.8 Å². The Bertz CT molecular complexity index is 1670. The molecule has 0 aliphatic rings. The largest absolute Gasteiger partial charge is 0.494 e. The summed E-state index contributed by atoms with van der Waals surface area (Å²) in [6.07, 6.45) is 0. The average molecular weight is 566 g/mol. The van der Waals surface area contributed by atoms with Gasteiger partial charge in [0.15, 0.2) is 0 Å². The Morgan fingerprint density at radius 2 is 1.31 bits per heavy atom. The molecule has 4 aromatic rings. The molecule has 0 radical (unpaired) electrons. The van der Waals surface area contributed by atoms with Gasteiger partial charge in [0.05, 0.1) is 16.4 Å². The van der Waals surface area contributed by atoms with Gasteiger partial charge in [-0.2, -0.15) is 0 Å². The summed E-state index contributed by atoms with van der Waals surface area (Å²) in [6.45, 7) is 4.00. The molecule has 0 saturated heterocycles. The van der Waals surface area contributed by atoms with E-state index in [0.717, 1.165) is 0 Å². The van der Waals surface area contributed by atoms with Gasteiger partial charge in [0.25, 0.3) is 26.0 Å². The summed E-state index contributed by atoms with van der Waals surface area (Å²) < 4.78 is 61.8. The number of carbonyl (C=O) groups is 1. The Morgan fingerprint density at radius 1 is 0.718 bits per heavy atom. The van der Waals surface area contributed by atoms with E-state index < -0.39 is 26.0 Å². The number of aryl methyl sites for hydroxylation is 1. The maximum atomic E-state index is 13.0. The monoisotopic (exact) mass is 565 g/mol. The first-order valence-corrected chi connectivity index (χ1v) is 14.9. The van der Waals surface area contributed by atoms with Crippen LogP contribution in [0.4, 0.5) is 17.1 Å². The molecule has 202 valence electrons. The molecule has 0 unspecified atom stereocenters. The fourth-order valence-electron chi connectivity index (χ4n) is 3.67. The fraction of sp³-hybridized carbons (Fsp3) is 0.107. The zero-order valence-electron chi connectivity index (χ0n) is 21.2. The maximum absolute atomic E-state index is 13.0. The summed E-state index contributed by atoms with van der Waals surface area (Å²) in [5.41, 5.74) is 1.72. The lowest BCUT2D eigenvalue weighted by Crippen LogP contribution is -2.17. The van der Waals surface area contributed by atoms with Crippen molar-refractivity contribution < 1.29 is 26.4 Å². The highest BCUT2D eigenvalue weighted by molar-refractivity contribution is 7.93. The number of benzene rings is 4. The number of anilines is 3. The second-order valence-corrected chi connectivity index (χ2v) is 11.8. The van der Waals surface area contributed by atoms with Gasteiger partial charge in [-0.1, -0.05) is 24.3 Å². The topological polar surface area (TPSA) is 131 Å². The number of para-hydroxylation sites is 1. The molecule has 1 amide bonds. The minimum absolute atomic E-state index is 0.00471. The van der Waals surface area contributed by atoms with Crippen LogP contribution in [0.25, 0.3) is 0 Å². The Kier molecular flexibility index (Phi) is 8.22. The van der Waals surface area contributed by atoms with Crippen LogP contribution in [0.1, 0.15) is 22.8 Å². The van der Waals surface area contributed by atoms with Gasteiger partial charge in [-0.15, -0.1) is 0 Å². The number of hydrogen-bond donors (Lipinski definition) is 3. The fourth-order valence-corrected chi connectivity index (χ4v) is 6.06. The Balaban J connectivity index is 1.46.